The number of halogens is 1. The lowest BCUT2D eigenvalue weighted by Gasteiger charge is -2.42. The summed E-state index contributed by atoms with van der Waals surface area (Å²) in [6.07, 6.45) is 11.1. The van der Waals surface area contributed by atoms with Crippen LogP contribution in [0.5, 0.6) is 0 Å². The highest BCUT2D eigenvalue weighted by Crippen LogP contribution is 2.36. The topological polar surface area (TPSA) is 142 Å². The number of rotatable bonds is 9. The Morgan fingerprint density at radius 2 is 1.62 bits per heavy atom. The first kappa shape index (κ1) is 36.9. The summed E-state index contributed by atoms with van der Waals surface area (Å²) in [5.41, 5.74) is 2.95. The Bertz CT molecular complexity index is 2150. The smallest absolute Gasteiger partial charge is 0.263 e. The number of pyridine rings is 2. The highest BCUT2D eigenvalue weighted by atomic mass is 19.1. The molecule has 55 heavy (non-hydrogen) atoms. The number of hydrogen-bond acceptors (Lipinski definition) is 10. The molecule has 0 spiro atoms. The van der Waals surface area contributed by atoms with Gasteiger partial charge in [0.2, 0.25) is 17.8 Å². The van der Waals surface area contributed by atoms with E-state index in [2.05, 4.69) is 36.5 Å². The van der Waals surface area contributed by atoms with E-state index < -0.39 is 5.67 Å². The van der Waals surface area contributed by atoms with Crippen molar-refractivity contribution >= 4 is 46.1 Å². The number of aromatic nitrogens is 4. The van der Waals surface area contributed by atoms with Crippen molar-refractivity contribution in [3.8, 4) is 0 Å². The van der Waals surface area contributed by atoms with E-state index in [1.54, 1.807) is 17.7 Å². The SMILES string of the molecule is CC(=O)c1c(C)c2cnc(Nc3ccc(C4CCN(CC5(F)CCN(c6ccc(C7CCC(=O)NC7=O)cc6)CC5)CC4)cn3)nc2n(C2CCCC2)c1=O. The molecule has 4 aliphatic rings. The second kappa shape index (κ2) is 15.2. The van der Waals surface area contributed by atoms with E-state index >= 15 is 4.39 Å². The van der Waals surface area contributed by atoms with Crippen LogP contribution in [-0.2, 0) is 9.59 Å². The van der Waals surface area contributed by atoms with Gasteiger partial charge in [0.05, 0.1) is 11.5 Å². The Balaban J connectivity index is 0.845. The van der Waals surface area contributed by atoms with Crippen molar-refractivity contribution in [2.24, 2.45) is 0 Å². The van der Waals surface area contributed by atoms with Gasteiger partial charge in [-0.15, -0.1) is 0 Å². The van der Waals surface area contributed by atoms with Crippen LogP contribution in [0.3, 0.4) is 0 Å². The normalized spacial score (nSPS) is 21.2. The van der Waals surface area contributed by atoms with Crippen LogP contribution in [0.25, 0.3) is 11.0 Å². The van der Waals surface area contributed by atoms with Gasteiger partial charge in [-0.3, -0.25) is 29.1 Å². The van der Waals surface area contributed by atoms with Crippen LogP contribution in [0.15, 0.2) is 53.6 Å². The van der Waals surface area contributed by atoms with Gasteiger partial charge in [0, 0.05) is 68.4 Å². The largest absolute Gasteiger partial charge is 0.371 e. The number of hydrogen-bond donors (Lipinski definition) is 2. The van der Waals surface area contributed by atoms with E-state index in [1.165, 1.54) is 6.92 Å². The molecule has 12 nitrogen and oxygen atoms in total. The van der Waals surface area contributed by atoms with Gasteiger partial charge in [-0.1, -0.05) is 31.0 Å². The van der Waals surface area contributed by atoms with E-state index in [1.807, 2.05) is 36.5 Å². The molecule has 1 saturated carbocycles. The minimum absolute atomic E-state index is 0.00807. The Hall–Kier alpha value is -5.04. The lowest BCUT2D eigenvalue weighted by Crippen LogP contribution is -2.49. The number of imide groups is 1. The maximum Gasteiger partial charge on any atom is 0.263 e. The van der Waals surface area contributed by atoms with Gasteiger partial charge in [0.25, 0.3) is 5.56 Å². The minimum Gasteiger partial charge on any atom is -0.371 e. The molecule has 3 aromatic heterocycles. The summed E-state index contributed by atoms with van der Waals surface area (Å²) in [7, 11) is 0. The number of fused-ring (bicyclic) bond motifs is 1. The van der Waals surface area contributed by atoms with Crippen LogP contribution in [0.1, 0.15) is 116 Å². The van der Waals surface area contributed by atoms with Crippen LogP contribution in [-0.4, -0.2) is 80.4 Å². The molecule has 1 aromatic carbocycles. The number of likely N-dealkylation sites (tertiary alicyclic amines) is 1. The molecule has 0 bridgehead atoms. The quantitative estimate of drug-likeness (QED) is 0.149. The number of Topliss-reactive ketones (excluding diaryl/α,β-unsaturated/α-hetero) is 1. The Kier molecular flexibility index (Phi) is 10.2. The second-order valence-corrected chi connectivity index (χ2v) is 16.0. The first-order valence-corrected chi connectivity index (χ1v) is 19.8. The van der Waals surface area contributed by atoms with Crippen molar-refractivity contribution in [1.82, 2.24) is 29.7 Å². The monoisotopic (exact) mass is 748 g/mol. The van der Waals surface area contributed by atoms with E-state index in [-0.39, 0.29) is 40.7 Å². The molecule has 2 amide bonds. The third-order valence-corrected chi connectivity index (χ3v) is 12.4. The fourth-order valence-electron chi connectivity index (χ4n) is 9.22. The van der Waals surface area contributed by atoms with Crippen LogP contribution >= 0.6 is 0 Å². The third-order valence-electron chi connectivity index (χ3n) is 12.4. The molecule has 0 radical (unpaired) electrons. The average molecular weight is 749 g/mol. The van der Waals surface area contributed by atoms with Gasteiger partial charge in [-0.2, -0.15) is 4.98 Å². The minimum atomic E-state index is -1.23. The van der Waals surface area contributed by atoms with Gasteiger partial charge < -0.3 is 15.1 Å². The lowest BCUT2D eigenvalue weighted by atomic mass is 9.88. The number of piperidine rings is 3. The number of aryl methyl sites for hydroxylation is 1. The molecule has 2 N–H and O–H groups in total. The molecule has 6 heterocycles. The predicted octanol–water partition coefficient (Wildman–Crippen LogP) is 6.26. The number of nitrogens with zero attached hydrogens (tertiary/aromatic N) is 6. The van der Waals surface area contributed by atoms with E-state index in [9.17, 15) is 19.2 Å². The molecule has 3 aliphatic heterocycles. The fourth-order valence-corrected chi connectivity index (χ4v) is 9.22. The average Bonchev–Trinajstić information content (AvgIpc) is 3.70. The molecule has 3 saturated heterocycles. The zero-order valence-electron chi connectivity index (χ0n) is 31.7. The summed E-state index contributed by atoms with van der Waals surface area (Å²) >= 11 is 0. The number of carbonyl (C=O) groups excluding carboxylic acids is 3. The number of carbonyl (C=O) groups is 3. The molecular weight excluding hydrogens is 700 g/mol. The number of amides is 2. The zero-order valence-corrected chi connectivity index (χ0v) is 31.7. The summed E-state index contributed by atoms with van der Waals surface area (Å²) in [5.74, 6) is 0.285. The first-order chi connectivity index (χ1) is 26.5. The highest BCUT2D eigenvalue weighted by molar-refractivity contribution is 6.01. The highest BCUT2D eigenvalue weighted by Gasteiger charge is 2.38. The van der Waals surface area contributed by atoms with Gasteiger partial charge in [0.1, 0.15) is 17.1 Å². The molecule has 4 fully saturated rings. The predicted molar refractivity (Wildman–Crippen MR) is 209 cm³/mol. The standard InChI is InChI=1S/C42H49FN8O4/c1-26-34-24-45-41(48-38(34)51(32-5-3-4-6-32)40(55)37(26)27(2)52)46-35-13-9-30(23-44-35)28-15-19-49(20-16-28)25-42(43)17-21-50(22-18-42)31-10-7-29(8-11-31)33-12-14-36(53)47-39(33)54/h7-11,13,23-24,28,32-33H,3-6,12,14-22,25H2,1-2H3,(H,47,53,54)(H,44,45,46,48). The van der Waals surface area contributed by atoms with Gasteiger partial charge in [-0.05, 0) is 99.8 Å². The van der Waals surface area contributed by atoms with Gasteiger partial charge in [0.15, 0.2) is 5.78 Å². The van der Waals surface area contributed by atoms with Crippen LogP contribution in [0.2, 0.25) is 0 Å². The number of ketones is 1. The molecule has 1 unspecified atom stereocenters. The van der Waals surface area contributed by atoms with E-state index in [4.69, 9.17) is 4.98 Å². The number of benzene rings is 1. The van der Waals surface area contributed by atoms with Crippen molar-refractivity contribution in [2.75, 3.05) is 42.9 Å². The molecule has 4 aromatic rings. The van der Waals surface area contributed by atoms with Gasteiger partial charge in [-0.25, -0.2) is 14.4 Å². The van der Waals surface area contributed by atoms with Crippen molar-refractivity contribution in [3.63, 3.8) is 0 Å². The first-order valence-electron chi connectivity index (χ1n) is 19.8. The number of nitrogens with one attached hydrogen (secondary N) is 2. The Labute approximate surface area is 319 Å². The second-order valence-electron chi connectivity index (χ2n) is 16.0. The molecule has 1 atom stereocenters. The molecule has 1 aliphatic carbocycles. The number of anilines is 3. The van der Waals surface area contributed by atoms with Crippen molar-refractivity contribution in [2.45, 2.75) is 102 Å². The lowest BCUT2D eigenvalue weighted by molar-refractivity contribution is -0.134. The summed E-state index contributed by atoms with van der Waals surface area (Å²) in [5, 5.41) is 6.35. The molecule has 288 valence electrons. The molecule has 8 rings (SSSR count). The van der Waals surface area contributed by atoms with E-state index in [0.717, 1.165) is 68.4 Å². The van der Waals surface area contributed by atoms with Crippen molar-refractivity contribution in [3.05, 3.63) is 81.4 Å². The van der Waals surface area contributed by atoms with Gasteiger partial charge >= 0.3 is 0 Å². The maximum atomic E-state index is 16.1. The Morgan fingerprint density at radius 3 is 2.27 bits per heavy atom. The maximum absolute atomic E-state index is 16.1. The van der Waals surface area contributed by atoms with Crippen LogP contribution < -0.4 is 21.1 Å². The van der Waals surface area contributed by atoms with Crippen LogP contribution in [0, 0.1) is 6.92 Å². The van der Waals surface area contributed by atoms with Crippen molar-refractivity contribution < 1.29 is 18.8 Å². The zero-order chi connectivity index (χ0) is 38.3. The van der Waals surface area contributed by atoms with E-state index in [0.29, 0.717) is 79.6 Å². The third kappa shape index (κ3) is 7.63. The summed E-state index contributed by atoms with van der Waals surface area (Å²) in [6.45, 7) is 6.62. The van der Waals surface area contributed by atoms with Crippen molar-refractivity contribution in [1.29, 1.82) is 0 Å². The van der Waals surface area contributed by atoms with Crippen LogP contribution in [0.4, 0.5) is 21.8 Å². The fraction of sp³-hybridized carbons (Fsp3) is 0.500. The summed E-state index contributed by atoms with van der Waals surface area (Å²) in [6, 6.07) is 11.9. The number of alkyl halides is 1. The molecule has 13 heteroatoms. The Morgan fingerprint density at radius 1 is 0.909 bits per heavy atom. The molecular formula is C42H49FN8O4. The summed E-state index contributed by atoms with van der Waals surface area (Å²) < 4.78 is 17.9. The summed E-state index contributed by atoms with van der Waals surface area (Å²) in [4.78, 5) is 68.3.